The van der Waals surface area contributed by atoms with Crippen LogP contribution >= 0.6 is 0 Å². The van der Waals surface area contributed by atoms with Crippen LogP contribution in [0.15, 0.2) is 54.9 Å². The molecule has 0 bridgehead atoms. The molecule has 24 heavy (non-hydrogen) atoms. The molecule has 0 radical (unpaired) electrons. The van der Waals surface area contributed by atoms with Crippen LogP contribution in [-0.4, -0.2) is 29.1 Å². The van der Waals surface area contributed by atoms with E-state index < -0.39 is 0 Å². The van der Waals surface area contributed by atoms with E-state index in [9.17, 15) is 4.79 Å². The Morgan fingerprint density at radius 1 is 1.17 bits per heavy atom. The highest BCUT2D eigenvalue weighted by molar-refractivity contribution is 5.78. The van der Waals surface area contributed by atoms with Crippen molar-refractivity contribution in [3.63, 3.8) is 0 Å². The lowest BCUT2D eigenvalue weighted by Gasteiger charge is -2.12. The predicted molar refractivity (Wildman–Crippen MR) is 96.0 cm³/mol. The molecule has 1 amide bonds. The number of benzene rings is 2. The Balaban J connectivity index is 1.69. The van der Waals surface area contributed by atoms with Crippen molar-refractivity contribution < 1.29 is 4.79 Å². The van der Waals surface area contributed by atoms with Crippen LogP contribution in [0.25, 0.3) is 16.7 Å². The summed E-state index contributed by atoms with van der Waals surface area (Å²) in [5, 5.41) is 5.98. The van der Waals surface area contributed by atoms with Gasteiger partial charge in [-0.2, -0.15) is 0 Å². The first kappa shape index (κ1) is 16.2. The van der Waals surface area contributed by atoms with Gasteiger partial charge in [0, 0.05) is 24.7 Å². The number of hydrogen-bond donors (Lipinski definition) is 2. The third-order valence-electron chi connectivity index (χ3n) is 4.09. The van der Waals surface area contributed by atoms with Crippen molar-refractivity contribution in [2.45, 2.75) is 13.5 Å². The number of aromatic nitrogens is 2. The highest BCUT2D eigenvalue weighted by Gasteiger charge is 2.11. The summed E-state index contributed by atoms with van der Waals surface area (Å²) in [5.74, 6) is 0.0283. The average molecular weight is 322 g/mol. The Kier molecular flexibility index (Phi) is 4.91. The first-order chi connectivity index (χ1) is 11.7. The highest BCUT2D eigenvalue weighted by atomic mass is 16.1. The summed E-state index contributed by atoms with van der Waals surface area (Å²) in [5.41, 5.74) is 4.20. The number of carbonyl (C=O) groups excluding carboxylic acids is 1. The maximum atomic E-state index is 11.9. The van der Waals surface area contributed by atoms with Gasteiger partial charge < -0.3 is 10.6 Å². The molecule has 2 N–H and O–H groups in total. The van der Waals surface area contributed by atoms with Crippen molar-refractivity contribution in [1.82, 2.24) is 20.2 Å². The zero-order chi connectivity index (χ0) is 16.9. The topological polar surface area (TPSA) is 59.0 Å². The van der Waals surface area contributed by atoms with Crippen molar-refractivity contribution in [2.24, 2.45) is 5.92 Å². The lowest BCUT2D eigenvalue weighted by molar-refractivity contribution is -0.124. The molecule has 1 heterocycles. The number of nitrogens with zero attached hydrogens (tertiary/aromatic N) is 2. The Morgan fingerprint density at radius 3 is 2.67 bits per heavy atom. The number of nitrogens with one attached hydrogen (secondary N) is 2. The van der Waals surface area contributed by atoms with Gasteiger partial charge in [0.1, 0.15) is 6.33 Å². The van der Waals surface area contributed by atoms with Gasteiger partial charge in [-0.15, -0.1) is 0 Å². The van der Waals surface area contributed by atoms with Crippen molar-refractivity contribution in [3.8, 4) is 5.69 Å². The molecule has 5 nitrogen and oxygen atoms in total. The van der Waals surface area contributed by atoms with E-state index in [0.29, 0.717) is 13.1 Å². The Morgan fingerprint density at radius 2 is 1.92 bits per heavy atom. The highest BCUT2D eigenvalue weighted by Crippen LogP contribution is 2.18. The fourth-order valence-corrected chi connectivity index (χ4v) is 2.70. The second kappa shape index (κ2) is 7.27. The van der Waals surface area contributed by atoms with E-state index in [4.69, 9.17) is 0 Å². The molecule has 0 saturated heterocycles. The Labute approximate surface area is 141 Å². The minimum Gasteiger partial charge on any atom is -0.352 e. The normalized spacial score (nSPS) is 12.2. The lowest BCUT2D eigenvalue weighted by Crippen LogP contribution is -2.33. The number of fused-ring (bicyclic) bond motifs is 1. The fourth-order valence-electron chi connectivity index (χ4n) is 2.70. The zero-order valence-electron chi connectivity index (χ0n) is 14.0. The second-order valence-electron chi connectivity index (χ2n) is 5.95. The van der Waals surface area contributed by atoms with E-state index in [0.717, 1.165) is 22.3 Å². The van der Waals surface area contributed by atoms with Gasteiger partial charge in [0.2, 0.25) is 5.91 Å². The van der Waals surface area contributed by atoms with Gasteiger partial charge in [0.25, 0.3) is 0 Å². The molecule has 0 fully saturated rings. The molecule has 0 spiro atoms. The zero-order valence-corrected chi connectivity index (χ0v) is 14.0. The van der Waals surface area contributed by atoms with E-state index >= 15 is 0 Å². The minimum atomic E-state index is -0.0356. The molecule has 1 aromatic heterocycles. The Bertz CT molecular complexity index is 823. The molecule has 2 aromatic carbocycles. The number of amides is 1. The largest absolute Gasteiger partial charge is 0.352 e. The molecule has 1 atom stereocenters. The van der Waals surface area contributed by atoms with Crippen LogP contribution in [0.5, 0.6) is 0 Å². The molecule has 0 saturated carbocycles. The van der Waals surface area contributed by atoms with Crippen molar-refractivity contribution in [2.75, 3.05) is 13.6 Å². The molecule has 5 heteroatoms. The standard InChI is InChI=1S/C19H22N4O/c1-14(11-20-2)19(24)21-12-15-7-9-16(10-8-15)23-13-22-17-5-3-4-6-18(17)23/h3-10,13-14,20H,11-12H2,1-2H3,(H,21,24). The van der Waals surface area contributed by atoms with Gasteiger partial charge in [0.05, 0.1) is 11.0 Å². The average Bonchev–Trinajstić information content (AvgIpc) is 3.04. The summed E-state index contributed by atoms with van der Waals surface area (Å²) in [6.07, 6.45) is 1.83. The van der Waals surface area contributed by atoms with Gasteiger partial charge in [-0.1, -0.05) is 31.2 Å². The van der Waals surface area contributed by atoms with Crippen LogP contribution in [0.2, 0.25) is 0 Å². The van der Waals surface area contributed by atoms with Crippen molar-refractivity contribution >= 4 is 16.9 Å². The third-order valence-corrected chi connectivity index (χ3v) is 4.09. The van der Waals surface area contributed by atoms with Crippen LogP contribution in [0.1, 0.15) is 12.5 Å². The summed E-state index contributed by atoms with van der Waals surface area (Å²) in [6, 6.07) is 16.2. The first-order valence-corrected chi connectivity index (χ1v) is 8.12. The second-order valence-corrected chi connectivity index (χ2v) is 5.95. The molecule has 3 aromatic rings. The quantitative estimate of drug-likeness (QED) is 0.733. The fraction of sp³-hybridized carbons (Fsp3) is 0.263. The Hall–Kier alpha value is -2.66. The summed E-state index contributed by atoms with van der Waals surface area (Å²) in [6.45, 7) is 3.13. The predicted octanol–water partition coefficient (Wildman–Crippen LogP) is 2.50. The summed E-state index contributed by atoms with van der Waals surface area (Å²) < 4.78 is 2.06. The monoisotopic (exact) mass is 322 g/mol. The van der Waals surface area contributed by atoms with Gasteiger partial charge in [-0.25, -0.2) is 4.98 Å². The van der Waals surface area contributed by atoms with Crippen LogP contribution < -0.4 is 10.6 Å². The number of carbonyl (C=O) groups is 1. The maximum Gasteiger partial charge on any atom is 0.224 e. The molecular weight excluding hydrogens is 300 g/mol. The number of para-hydroxylation sites is 2. The third kappa shape index (κ3) is 3.46. The number of hydrogen-bond acceptors (Lipinski definition) is 3. The number of imidazole rings is 1. The molecule has 0 aliphatic heterocycles. The van der Waals surface area contributed by atoms with E-state index in [1.165, 1.54) is 0 Å². The minimum absolute atomic E-state index is 0.0356. The molecule has 0 aliphatic carbocycles. The lowest BCUT2D eigenvalue weighted by atomic mass is 10.1. The first-order valence-electron chi connectivity index (χ1n) is 8.12. The molecule has 0 aliphatic rings. The van der Waals surface area contributed by atoms with Gasteiger partial charge in [-0.3, -0.25) is 9.36 Å². The van der Waals surface area contributed by atoms with Gasteiger partial charge in [0.15, 0.2) is 0 Å². The van der Waals surface area contributed by atoms with Crippen LogP contribution in [0, 0.1) is 5.92 Å². The summed E-state index contributed by atoms with van der Waals surface area (Å²) in [4.78, 5) is 16.4. The van der Waals surface area contributed by atoms with E-state index in [-0.39, 0.29) is 11.8 Å². The SMILES string of the molecule is CNCC(C)C(=O)NCc1ccc(-n2cnc3ccccc32)cc1. The van der Waals surface area contributed by atoms with Crippen LogP contribution in [0.3, 0.4) is 0 Å². The maximum absolute atomic E-state index is 11.9. The molecule has 124 valence electrons. The molecule has 3 rings (SSSR count). The molecular formula is C19H22N4O. The summed E-state index contributed by atoms with van der Waals surface area (Å²) in [7, 11) is 1.85. The van der Waals surface area contributed by atoms with Crippen molar-refractivity contribution in [1.29, 1.82) is 0 Å². The summed E-state index contributed by atoms with van der Waals surface area (Å²) >= 11 is 0. The van der Waals surface area contributed by atoms with E-state index in [1.807, 2.05) is 62.8 Å². The molecule has 1 unspecified atom stereocenters. The van der Waals surface area contributed by atoms with Crippen molar-refractivity contribution in [3.05, 3.63) is 60.4 Å². The van der Waals surface area contributed by atoms with Crippen LogP contribution in [0.4, 0.5) is 0 Å². The van der Waals surface area contributed by atoms with Gasteiger partial charge >= 0.3 is 0 Å². The van der Waals surface area contributed by atoms with Gasteiger partial charge in [-0.05, 0) is 36.9 Å². The van der Waals surface area contributed by atoms with Crippen LogP contribution in [-0.2, 0) is 11.3 Å². The van der Waals surface area contributed by atoms with E-state index in [1.54, 1.807) is 0 Å². The number of rotatable bonds is 6. The van der Waals surface area contributed by atoms with E-state index in [2.05, 4.69) is 26.3 Å². The smallest absolute Gasteiger partial charge is 0.224 e.